The van der Waals surface area contributed by atoms with Crippen molar-refractivity contribution in [3.05, 3.63) is 59.2 Å². The van der Waals surface area contributed by atoms with E-state index in [2.05, 4.69) is 5.32 Å². The van der Waals surface area contributed by atoms with Gasteiger partial charge in [0.25, 0.3) is 5.91 Å². The summed E-state index contributed by atoms with van der Waals surface area (Å²) < 4.78 is 15.8. The van der Waals surface area contributed by atoms with Crippen molar-refractivity contribution in [1.82, 2.24) is 0 Å². The van der Waals surface area contributed by atoms with Crippen molar-refractivity contribution >= 4 is 23.6 Å². The molecule has 0 fully saturated rings. The smallest absolute Gasteiger partial charge is 0.339 e. The van der Waals surface area contributed by atoms with Crippen LogP contribution in [0.5, 0.6) is 11.5 Å². The van der Waals surface area contributed by atoms with Gasteiger partial charge in [0.15, 0.2) is 18.1 Å². The summed E-state index contributed by atoms with van der Waals surface area (Å²) in [7, 11) is 1.26. The number of methoxy groups -OCH3 is 1. The lowest BCUT2D eigenvalue weighted by atomic mass is 10.1. The zero-order valence-electron chi connectivity index (χ0n) is 16.5. The molecule has 30 heavy (non-hydrogen) atoms. The van der Waals surface area contributed by atoms with E-state index in [4.69, 9.17) is 24.7 Å². The predicted octanol–water partition coefficient (Wildman–Crippen LogP) is 3.32. The number of esters is 1. The number of carbonyl (C=O) groups is 2. The maximum atomic E-state index is 12.3. The third-order valence-electron chi connectivity index (χ3n) is 3.78. The van der Waals surface area contributed by atoms with E-state index in [1.54, 1.807) is 61.5 Å². The Bertz CT molecular complexity index is 1030. The number of anilines is 1. The van der Waals surface area contributed by atoms with Crippen molar-refractivity contribution in [1.29, 1.82) is 10.5 Å². The number of nitrogens with one attached hydrogen (secondary N) is 1. The summed E-state index contributed by atoms with van der Waals surface area (Å²) in [4.78, 5) is 24.1. The van der Waals surface area contributed by atoms with E-state index in [9.17, 15) is 9.59 Å². The van der Waals surface area contributed by atoms with Gasteiger partial charge in [0.1, 0.15) is 17.7 Å². The number of amides is 1. The molecular weight excluding hydrogens is 386 g/mol. The molecule has 2 rings (SSSR count). The van der Waals surface area contributed by atoms with Crippen LogP contribution in [0, 0.1) is 22.7 Å². The Morgan fingerprint density at radius 2 is 1.80 bits per heavy atom. The molecule has 1 amide bonds. The molecule has 1 N–H and O–H groups in total. The van der Waals surface area contributed by atoms with Crippen molar-refractivity contribution in [2.45, 2.75) is 6.92 Å². The number of nitrogens with zero attached hydrogens (tertiary/aromatic N) is 2. The second-order valence-electron chi connectivity index (χ2n) is 5.79. The molecule has 0 bridgehead atoms. The Morgan fingerprint density at radius 3 is 2.47 bits per heavy atom. The van der Waals surface area contributed by atoms with Crippen LogP contribution in [-0.4, -0.2) is 32.2 Å². The van der Waals surface area contributed by atoms with Gasteiger partial charge in [-0.15, -0.1) is 0 Å². The highest BCUT2D eigenvalue weighted by Crippen LogP contribution is 2.29. The van der Waals surface area contributed by atoms with Gasteiger partial charge in [0.05, 0.1) is 25.0 Å². The monoisotopic (exact) mass is 405 g/mol. The molecule has 0 heterocycles. The first kappa shape index (κ1) is 22.0. The van der Waals surface area contributed by atoms with Crippen LogP contribution in [0.1, 0.15) is 22.8 Å². The maximum Gasteiger partial charge on any atom is 0.339 e. The number of para-hydroxylation sites is 1. The van der Waals surface area contributed by atoms with E-state index in [1.165, 1.54) is 13.2 Å². The number of hydrogen-bond donors (Lipinski definition) is 1. The van der Waals surface area contributed by atoms with Gasteiger partial charge < -0.3 is 19.5 Å². The minimum absolute atomic E-state index is 0.0465. The molecular formula is C22H19N3O5. The first-order valence-electron chi connectivity index (χ1n) is 8.91. The van der Waals surface area contributed by atoms with E-state index < -0.39 is 11.9 Å². The van der Waals surface area contributed by atoms with Gasteiger partial charge in [-0.1, -0.05) is 18.2 Å². The van der Waals surface area contributed by atoms with Crippen LogP contribution in [0.2, 0.25) is 0 Å². The van der Waals surface area contributed by atoms with E-state index in [1.807, 2.05) is 0 Å². The summed E-state index contributed by atoms with van der Waals surface area (Å²) in [6.45, 7) is 1.82. The number of carbonyl (C=O) groups excluding carboxylic acids is 2. The number of ether oxygens (including phenoxy) is 3. The van der Waals surface area contributed by atoms with E-state index in [-0.39, 0.29) is 17.7 Å². The molecule has 0 aliphatic rings. The quantitative estimate of drug-likeness (QED) is 0.528. The van der Waals surface area contributed by atoms with Crippen LogP contribution in [0.4, 0.5) is 5.69 Å². The highest BCUT2D eigenvalue weighted by molar-refractivity contribution is 6.01. The van der Waals surface area contributed by atoms with Gasteiger partial charge in [-0.25, -0.2) is 4.79 Å². The molecule has 2 aromatic rings. The number of hydrogen-bond acceptors (Lipinski definition) is 7. The van der Waals surface area contributed by atoms with Crippen LogP contribution in [-0.2, 0) is 9.53 Å². The van der Waals surface area contributed by atoms with Crippen molar-refractivity contribution in [3.8, 4) is 23.6 Å². The molecule has 0 spiro atoms. The summed E-state index contributed by atoms with van der Waals surface area (Å²) in [6.07, 6.45) is 1.42. The number of allylic oxidation sites excluding steroid dienone is 1. The molecule has 0 radical (unpaired) electrons. The summed E-state index contributed by atoms with van der Waals surface area (Å²) >= 11 is 0. The van der Waals surface area contributed by atoms with Gasteiger partial charge >= 0.3 is 5.97 Å². The van der Waals surface area contributed by atoms with Gasteiger partial charge in [-0.3, -0.25) is 4.79 Å². The minimum atomic E-state index is -0.566. The second-order valence-corrected chi connectivity index (χ2v) is 5.79. The standard InChI is InChI=1S/C22H19N3O5/c1-3-29-20-11-15(10-16(12-23)13-24)8-9-19(20)30-14-21(26)25-18-7-5-4-6-17(18)22(27)28-2/h4-11H,3,14H2,1-2H3,(H,25,26). The first-order chi connectivity index (χ1) is 14.5. The van der Waals surface area contributed by atoms with Crippen molar-refractivity contribution in [2.75, 3.05) is 25.6 Å². The number of rotatable bonds is 8. The predicted molar refractivity (Wildman–Crippen MR) is 109 cm³/mol. The average molecular weight is 405 g/mol. The summed E-state index contributed by atoms with van der Waals surface area (Å²) in [5, 5.41) is 20.4. The zero-order chi connectivity index (χ0) is 21.9. The molecule has 8 heteroatoms. The fraction of sp³-hybridized carbons (Fsp3) is 0.182. The molecule has 2 aromatic carbocycles. The molecule has 8 nitrogen and oxygen atoms in total. The molecule has 0 saturated carbocycles. The maximum absolute atomic E-state index is 12.3. The molecule has 0 aliphatic carbocycles. The third kappa shape index (κ3) is 5.85. The van der Waals surface area contributed by atoms with Crippen LogP contribution < -0.4 is 14.8 Å². The molecule has 0 saturated heterocycles. The minimum Gasteiger partial charge on any atom is -0.490 e. The highest BCUT2D eigenvalue weighted by Gasteiger charge is 2.14. The summed E-state index contributed by atoms with van der Waals surface area (Å²) in [5.74, 6) is -0.359. The Hall–Kier alpha value is -4.30. The van der Waals surface area contributed by atoms with Crippen molar-refractivity contribution in [2.24, 2.45) is 0 Å². The lowest BCUT2D eigenvalue weighted by molar-refractivity contribution is -0.118. The van der Waals surface area contributed by atoms with E-state index >= 15 is 0 Å². The Morgan fingerprint density at radius 1 is 1.07 bits per heavy atom. The van der Waals surface area contributed by atoms with E-state index in [0.29, 0.717) is 29.4 Å². The fourth-order valence-corrected chi connectivity index (χ4v) is 2.47. The van der Waals surface area contributed by atoms with Gasteiger partial charge in [0, 0.05) is 0 Å². The van der Waals surface area contributed by atoms with E-state index in [0.717, 1.165) is 0 Å². The van der Waals surface area contributed by atoms with Crippen LogP contribution in [0.25, 0.3) is 6.08 Å². The summed E-state index contributed by atoms with van der Waals surface area (Å²) in [5.41, 5.74) is 1.07. The number of benzene rings is 2. The largest absolute Gasteiger partial charge is 0.490 e. The van der Waals surface area contributed by atoms with Crippen LogP contribution in [0.3, 0.4) is 0 Å². The summed E-state index contributed by atoms with van der Waals surface area (Å²) in [6, 6.07) is 14.9. The molecule has 0 aliphatic heterocycles. The van der Waals surface area contributed by atoms with Crippen molar-refractivity contribution in [3.63, 3.8) is 0 Å². The highest BCUT2D eigenvalue weighted by atomic mass is 16.5. The number of nitriles is 2. The average Bonchev–Trinajstić information content (AvgIpc) is 2.77. The lowest BCUT2D eigenvalue weighted by Gasteiger charge is -2.13. The molecule has 0 atom stereocenters. The Labute approximate surface area is 173 Å². The SMILES string of the molecule is CCOc1cc(C=C(C#N)C#N)ccc1OCC(=O)Nc1ccccc1C(=O)OC. The van der Waals surface area contributed by atoms with Gasteiger partial charge in [-0.2, -0.15) is 10.5 Å². The molecule has 0 unspecified atom stereocenters. The Kier molecular flexibility index (Phi) is 7.98. The van der Waals surface area contributed by atoms with Crippen LogP contribution in [0.15, 0.2) is 48.0 Å². The lowest BCUT2D eigenvalue weighted by Crippen LogP contribution is -2.22. The first-order valence-corrected chi connectivity index (χ1v) is 8.91. The van der Waals surface area contributed by atoms with Gasteiger partial charge in [0.2, 0.25) is 0 Å². The van der Waals surface area contributed by atoms with Crippen molar-refractivity contribution < 1.29 is 23.8 Å². The van der Waals surface area contributed by atoms with Gasteiger partial charge in [-0.05, 0) is 42.8 Å². The third-order valence-corrected chi connectivity index (χ3v) is 3.78. The fourth-order valence-electron chi connectivity index (χ4n) is 2.47. The Balaban J connectivity index is 2.13. The molecule has 152 valence electrons. The second kappa shape index (κ2) is 10.9. The van der Waals surface area contributed by atoms with Crippen LogP contribution >= 0.6 is 0 Å². The normalized spacial score (nSPS) is 9.47. The topological polar surface area (TPSA) is 121 Å². The zero-order valence-corrected chi connectivity index (χ0v) is 16.5. The molecule has 0 aromatic heterocycles.